The van der Waals surface area contributed by atoms with E-state index in [1.54, 1.807) is 25.1 Å². The Morgan fingerprint density at radius 1 is 1.00 bits per heavy atom. The smallest absolute Gasteiger partial charge is 0.387 e. The molecule has 0 radical (unpaired) electrons. The first-order valence-electron chi connectivity index (χ1n) is 5.20. The lowest BCUT2D eigenvalue weighted by Crippen LogP contribution is -2.02. The van der Waals surface area contributed by atoms with Crippen LogP contribution in [0.1, 0.15) is 33.3 Å². The zero-order valence-electron chi connectivity index (χ0n) is 10.1. The van der Waals surface area contributed by atoms with Gasteiger partial charge in [-0.25, -0.2) is 0 Å². The van der Waals surface area contributed by atoms with Crippen LogP contribution in [0.3, 0.4) is 0 Å². The van der Waals surface area contributed by atoms with Gasteiger partial charge in [0.2, 0.25) is 0 Å². The van der Waals surface area contributed by atoms with E-state index in [0.717, 1.165) is 0 Å². The van der Waals surface area contributed by atoms with Gasteiger partial charge in [-0.3, -0.25) is 0 Å². The summed E-state index contributed by atoms with van der Waals surface area (Å²) in [5, 5.41) is 0. The van der Waals surface area contributed by atoms with Gasteiger partial charge in [-0.2, -0.15) is 8.78 Å². The Bertz CT molecular complexity index is 237. The summed E-state index contributed by atoms with van der Waals surface area (Å²) in [6, 6.07) is 6.66. The number of hydrogen-bond donors (Lipinski definition) is 0. The van der Waals surface area contributed by atoms with E-state index in [-0.39, 0.29) is 5.75 Å². The van der Waals surface area contributed by atoms with Crippen molar-refractivity contribution in [3.8, 4) is 5.75 Å². The third kappa shape index (κ3) is 7.91. The van der Waals surface area contributed by atoms with Gasteiger partial charge in [-0.15, -0.1) is 0 Å². The minimum absolute atomic E-state index is 0.238. The molecule has 15 heavy (non-hydrogen) atoms. The number of ether oxygens (including phenoxy) is 1. The number of benzene rings is 1. The van der Waals surface area contributed by atoms with Crippen molar-refractivity contribution >= 4 is 0 Å². The largest absolute Gasteiger partial charge is 0.435 e. The number of hydrogen-bond acceptors (Lipinski definition) is 1. The fourth-order valence-corrected chi connectivity index (χ4v) is 0.785. The second-order valence-corrected chi connectivity index (χ2v) is 2.14. The second kappa shape index (κ2) is 11.0. The van der Waals surface area contributed by atoms with Crippen LogP contribution in [-0.2, 0) is 0 Å². The molecule has 0 aromatic heterocycles. The molecule has 88 valence electrons. The normalized spacial score (nSPS) is 8.27. The lowest BCUT2D eigenvalue weighted by molar-refractivity contribution is -0.0502. The highest BCUT2D eigenvalue weighted by molar-refractivity contribution is 5.31. The molecule has 1 aromatic carbocycles. The van der Waals surface area contributed by atoms with E-state index in [0.29, 0.717) is 5.56 Å². The predicted octanol–water partition coefficient (Wildman–Crippen LogP) is 4.65. The number of aryl methyl sites for hydroxylation is 1. The summed E-state index contributed by atoms with van der Waals surface area (Å²) < 4.78 is 27.6. The van der Waals surface area contributed by atoms with E-state index in [4.69, 9.17) is 0 Å². The number of halogens is 2. The molecule has 0 fully saturated rings. The fourth-order valence-electron chi connectivity index (χ4n) is 0.785. The van der Waals surface area contributed by atoms with E-state index < -0.39 is 6.61 Å². The zero-order chi connectivity index (χ0) is 12.3. The summed E-state index contributed by atoms with van der Waals surface area (Å²) in [5.74, 6) is 0.238. The van der Waals surface area contributed by atoms with Crippen molar-refractivity contribution in [2.75, 3.05) is 0 Å². The minimum atomic E-state index is -2.74. The molecule has 0 heterocycles. The molecular formula is C12H20F2O. The monoisotopic (exact) mass is 218 g/mol. The molecule has 1 nitrogen and oxygen atoms in total. The molecule has 0 spiro atoms. The summed E-state index contributed by atoms with van der Waals surface area (Å²) in [5.41, 5.74) is 0.716. The molecule has 0 atom stereocenters. The third-order valence-corrected chi connectivity index (χ3v) is 1.31. The van der Waals surface area contributed by atoms with Crippen LogP contribution >= 0.6 is 0 Å². The van der Waals surface area contributed by atoms with Crippen LogP contribution in [0.5, 0.6) is 5.75 Å². The molecule has 0 bridgehead atoms. The van der Waals surface area contributed by atoms with E-state index >= 15 is 0 Å². The average Bonchev–Trinajstić information content (AvgIpc) is 2.27. The summed E-state index contributed by atoms with van der Waals surface area (Å²) in [7, 11) is 0. The Labute approximate surface area is 91.1 Å². The van der Waals surface area contributed by atoms with Crippen molar-refractivity contribution < 1.29 is 13.5 Å². The van der Waals surface area contributed by atoms with Crippen LogP contribution < -0.4 is 4.74 Å². The maximum absolute atomic E-state index is 11.7. The van der Waals surface area contributed by atoms with Crippen LogP contribution in [0.2, 0.25) is 0 Å². The maximum atomic E-state index is 11.7. The topological polar surface area (TPSA) is 9.23 Å². The Morgan fingerprint density at radius 2 is 1.47 bits per heavy atom. The molecular weight excluding hydrogens is 198 g/mol. The number of rotatable bonds is 2. The lowest BCUT2D eigenvalue weighted by atomic mass is 10.2. The van der Waals surface area contributed by atoms with E-state index in [1.165, 1.54) is 6.07 Å². The fraction of sp³-hybridized carbons (Fsp3) is 0.500. The summed E-state index contributed by atoms with van der Waals surface area (Å²) in [4.78, 5) is 0. The van der Waals surface area contributed by atoms with Crippen molar-refractivity contribution in [1.29, 1.82) is 0 Å². The SMILES string of the molecule is CC.CC.Cc1ccccc1OC(F)F. The van der Waals surface area contributed by atoms with Gasteiger partial charge in [0.15, 0.2) is 0 Å². The van der Waals surface area contributed by atoms with Gasteiger partial charge in [0, 0.05) is 0 Å². The molecule has 0 aliphatic carbocycles. The molecule has 0 amide bonds. The zero-order valence-corrected chi connectivity index (χ0v) is 10.1. The molecule has 3 heteroatoms. The van der Waals surface area contributed by atoms with Gasteiger partial charge in [0.05, 0.1) is 0 Å². The molecule has 0 saturated carbocycles. The van der Waals surface area contributed by atoms with Gasteiger partial charge in [-0.1, -0.05) is 45.9 Å². The predicted molar refractivity (Wildman–Crippen MR) is 60.5 cm³/mol. The quantitative estimate of drug-likeness (QED) is 0.702. The molecule has 1 aromatic rings. The van der Waals surface area contributed by atoms with Gasteiger partial charge < -0.3 is 4.74 Å². The summed E-state index contributed by atoms with van der Waals surface area (Å²) in [6.07, 6.45) is 0. The Hall–Kier alpha value is -1.12. The van der Waals surface area contributed by atoms with Crippen LogP contribution in [-0.4, -0.2) is 6.61 Å². The van der Waals surface area contributed by atoms with Crippen molar-refractivity contribution in [2.24, 2.45) is 0 Å². The summed E-state index contributed by atoms with van der Waals surface area (Å²) >= 11 is 0. The second-order valence-electron chi connectivity index (χ2n) is 2.14. The maximum Gasteiger partial charge on any atom is 0.387 e. The van der Waals surface area contributed by atoms with Crippen LogP contribution in [0.4, 0.5) is 8.78 Å². The first kappa shape index (κ1) is 16.3. The molecule has 0 unspecified atom stereocenters. The third-order valence-electron chi connectivity index (χ3n) is 1.31. The van der Waals surface area contributed by atoms with Crippen LogP contribution in [0.15, 0.2) is 24.3 Å². The van der Waals surface area contributed by atoms with Crippen molar-refractivity contribution in [2.45, 2.75) is 41.2 Å². The Balaban J connectivity index is 0. The molecule has 0 saturated heterocycles. The minimum Gasteiger partial charge on any atom is -0.435 e. The van der Waals surface area contributed by atoms with Gasteiger partial charge in [0.1, 0.15) is 5.75 Å². The first-order valence-corrected chi connectivity index (χ1v) is 5.20. The van der Waals surface area contributed by atoms with E-state index in [1.807, 2.05) is 27.7 Å². The molecule has 0 aliphatic rings. The lowest BCUT2D eigenvalue weighted by Gasteiger charge is -2.05. The van der Waals surface area contributed by atoms with Gasteiger partial charge in [0.25, 0.3) is 0 Å². The molecule has 1 rings (SSSR count). The van der Waals surface area contributed by atoms with E-state index in [9.17, 15) is 8.78 Å². The Kier molecular flexibility index (Phi) is 11.9. The van der Waals surface area contributed by atoms with Crippen LogP contribution in [0.25, 0.3) is 0 Å². The Morgan fingerprint density at radius 3 is 1.87 bits per heavy atom. The van der Waals surface area contributed by atoms with Gasteiger partial charge >= 0.3 is 6.61 Å². The highest BCUT2D eigenvalue weighted by Crippen LogP contribution is 2.18. The standard InChI is InChI=1S/C8H8F2O.2C2H6/c1-6-4-2-3-5-7(6)11-8(9)10;2*1-2/h2-5,8H,1H3;2*1-2H3. The van der Waals surface area contributed by atoms with Crippen molar-refractivity contribution in [1.82, 2.24) is 0 Å². The average molecular weight is 218 g/mol. The van der Waals surface area contributed by atoms with E-state index in [2.05, 4.69) is 4.74 Å². The number of para-hydroxylation sites is 1. The summed E-state index contributed by atoms with van der Waals surface area (Å²) in [6.45, 7) is 6.98. The van der Waals surface area contributed by atoms with Crippen LogP contribution in [0, 0.1) is 6.92 Å². The first-order chi connectivity index (χ1) is 7.20. The van der Waals surface area contributed by atoms with Crippen molar-refractivity contribution in [3.05, 3.63) is 29.8 Å². The highest BCUT2D eigenvalue weighted by atomic mass is 19.3. The highest BCUT2D eigenvalue weighted by Gasteiger charge is 2.04. The molecule has 0 aliphatic heterocycles. The molecule has 0 N–H and O–H groups in total. The number of alkyl halides is 2. The van der Waals surface area contributed by atoms with Gasteiger partial charge in [-0.05, 0) is 18.6 Å². The van der Waals surface area contributed by atoms with Crippen molar-refractivity contribution in [3.63, 3.8) is 0 Å².